The summed E-state index contributed by atoms with van der Waals surface area (Å²) < 4.78 is 4.80. The van der Waals surface area contributed by atoms with Crippen LogP contribution in [0.1, 0.15) is 25.3 Å². The van der Waals surface area contributed by atoms with E-state index in [0.29, 0.717) is 6.67 Å². The van der Waals surface area contributed by atoms with Crippen molar-refractivity contribution in [2.24, 2.45) is 5.92 Å². The maximum Gasteiger partial charge on any atom is 0.336 e. The molecule has 3 rings (SSSR count). The number of quaternary nitrogens is 1. The Morgan fingerprint density at radius 1 is 1.19 bits per heavy atom. The van der Waals surface area contributed by atoms with Gasteiger partial charge in [-0.15, -0.1) is 0 Å². The third-order valence-electron chi connectivity index (χ3n) is 5.37. The van der Waals surface area contributed by atoms with Gasteiger partial charge in [-0.05, 0) is 26.0 Å². The van der Waals surface area contributed by atoms with Crippen LogP contribution in [0.3, 0.4) is 0 Å². The molecule has 2 aliphatic rings. The summed E-state index contributed by atoms with van der Waals surface area (Å²) in [6.45, 7) is 5.58. The van der Waals surface area contributed by atoms with Crippen molar-refractivity contribution in [3.05, 3.63) is 29.8 Å². The van der Waals surface area contributed by atoms with Gasteiger partial charge in [-0.1, -0.05) is 17.7 Å². The molecule has 0 saturated carbocycles. The highest BCUT2D eigenvalue weighted by Gasteiger charge is 2.45. The van der Waals surface area contributed by atoms with Crippen molar-refractivity contribution < 1.29 is 24.0 Å². The zero-order valence-electron chi connectivity index (χ0n) is 15.5. The Kier molecular flexibility index (Phi) is 5.27. The highest BCUT2D eigenvalue weighted by atomic mass is 16.5. The van der Waals surface area contributed by atoms with Crippen LogP contribution in [0.15, 0.2) is 24.3 Å². The number of carbonyl (C=O) groups excluding carboxylic acids is 3. The van der Waals surface area contributed by atoms with E-state index in [0.717, 1.165) is 42.1 Å². The summed E-state index contributed by atoms with van der Waals surface area (Å²) in [5.74, 6) is -0.411. The minimum Gasteiger partial charge on any atom is -0.469 e. The number of esters is 1. The van der Waals surface area contributed by atoms with E-state index in [4.69, 9.17) is 4.74 Å². The monoisotopic (exact) mass is 360 g/mol. The number of hydrogen-bond donors (Lipinski definition) is 1. The molecule has 7 heteroatoms. The Bertz CT molecular complexity index is 695. The van der Waals surface area contributed by atoms with E-state index in [1.165, 1.54) is 12.0 Å². The van der Waals surface area contributed by atoms with Gasteiger partial charge < -0.3 is 9.64 Å². The van der Waals surface area contributed by atoms with Crippen molar-refractivity contribution >= 4 is 23.6 Å². The van der Waals surface area contributed by atoms with E-state index in [1.54, 1.807) is 11.8 Å². The normalized spacial score (nSPS) is 26.3. The van der Waals surface area contributed by atoms with Gasteiger partial charge in [-0.2, -0.15) is 0 Å². The molecule has 140 valence electrons. The van der Waals surface area contributed by atoms with Crippen LogP contribution in [0.4, 0.5) is 10.5 Å². The number of amides is 3. The second-order valence-corrected chi connectivity index (χ2v) is 7.14. The number of anilines is 1. The summed E-state index contributed by atoms with van der Waals surface area (Å²) in [7, 11) is 1.41. The highest BCUT2D eigenvalue weighted by Crippen LogP contribution is 2.25. The molecule has 1 N–H and O–H groups in total. The smallest absolute Gasteiger partial charge is 0.336 e. The van der Waals surface area contributed by atoms with Crippen LogP contribution in [0.2, 0.25) is 0 Å². The number of ether oxygens (including phenoxy) is 1. The molecule has 1 aromatic carbocycles. The first-order valence-electron chi connectivity index (χ1n) is 9.05. The van der Waals surface area contributed by atoms with E-state index >= 15 is 0 Å². The number of aryl methyl sites for hydroxylation is 1. The molecule has 1 aromatic rings. The number of likely N-dealkylation sites (tertiary alicyclic amines) is 1. The van der Waals surface area contributed by atoms with Crippen LogP contribution in [-0.4, -0.2) is 55.7 Å². The molecule has 2 fully saturated rings. The summed E-state index contributed by atoms with van der Waals surface area (Å²) in [5, 5.41) is 0. The quantitative estimate of drug-likeness (QED) is 0.630. The fourth-order valence-corrected chi connectivity index (χ4v) is 3.72. The first-order chi connectivity index (χ1) is 12.4. The van der Waals surface area contributed by atoms with Crippen molar-refractivity contribution in [1.29, 1.82) is 0 Å². The molecule has 2 aliphatic heterocycles. The minimum absolute atomic E-state index is 0.0725. The molecular weight excluding hydrogens is 334 g/mol. The Labute approximate surface area is 153 Å². The molecule has 1 atom stereocenters. The standard InChI is InChI=1S/C19H25N3O4/c1-13-4-6-16(7-5-13)22-14(2)17(23)21(19(22)25)12-20-10-8-15(9-11-20)18(24)26-3/h4-7,14-15H,8-12H2,1-3H3/p+1/t14-/m1/s1. The molecule has 0 bridgehead atoms. The van der Waals surface area contributed by atoms with Gasteiger partial charge in [-0.3, -0.25) is 14.5 Å². The zero-order valence-corrected chi connectivity index (χ0v) is 15.5. The summed E-state index contributed by atoms with van der Waals surface area (Å²) in [4.78, 5) is 41.2. The zero-order chi connectivity index (χ0) is 18.8. The average Bonchev–Trinajstić information content (AvgIpc) is 2.86. The molecule has 0 aliphatic carbocycles. The van der Waals surface area contributed by atoms with Crippen LogP contribution >= 0.6 is 0 Å². The molecular formula is C19H26N3O4+. The van der Waals surface area contributed by atoms with Gasteiger partial charge in [0.2, 0.25) is 0 Å². The lowest BCUT2D eigenvalue weighted by Crippen LogP contribution is -3.14. The lowest BCUT2D eigenvalue weighted by atomic mass is 9.97. The predicted octanol–water partition coefficient (Wildman–Crippen LogP) is 0.578. The fourth-order valence-electron chi connectivity index (χ4n) is 3.72. The molecule has 26 heavy (non-hydrogen) atoms. The Hall–Kier alpha value is -2.41. The van der Waals surface area contributed by atoms with Crippen LogP contribution < -0.4 is 9.80 Å². The topological polar surface area (TPSA) is 71.4 Å². The summed E-state index contributed by atoms with van der Waals surface area (Å²) in [6.07, 6.45) is 1.44. The molecule has 0 radical (unpaired) electrons. The van der Waals surface area contributed by atoms with E-state index in [2.05, 4.69) is 0 Å². The second-order valence-electron chi connectivity index (χ2n) is 7.14. The van der Waals surface area contributed by atoms with Crippen molar-refractivity contribution in [1.82, 2.24) is 4.90 Å². The Morgan fingerprint density at radius 3 is 2.38 bits per heavy atom. The maximum atomic E-state index is 12.8. The lowest BCUT2D eigenvalue weighted by Gasteiger charge is -2.29. The van der Waals surface area contributed by atoms with Crippen molar-refractivity contribution in [2.45, 2.75) is 32.7 Å². The van der Waals surface area contributed by atoms with Crippen LogP contribution in [-0.2, 0) is 14.3 Å². The summed E-state index contributed by atoms with van der Waals surface area (Å²) in [5.41, 5.74) is 1.84. The molecule has 0 unspecified atom stereocenters. The van der Waals surface area contributed by atoms with Gasteiger partial charge in [0.25, 0.3) is 5.91 Å². The van der Waals surface area contributed by atoms with Crippen LogP contribution in [0.5, 0.6) is 0 Å². The van der Waals surface area contributed by atoms with Gasteiger partial charge >= 0.3 is 12.0 Å². The lowest BCUT2D eigenvalue weighted by molar-refractivity contribution is -0.912. The number of benzene rings is 1. The first-order valence-corrected chi connectivity index (χ1v) is 9.05. The Balaban J connectivity index is 1.66. The number of carbonyl (C=O) groups is 3. The number of nitrogens with zero attached hydrogens (tertiary/aromatic N) is 2. The van der Waals surface area contributed by atoms with E-state index in [9.17, 15) is 14.4 Å². The molecule has 2 heterocycles. The van der Waals surface area contributed by atoms with E-state index in [1.807, 2.05) is 31.2 Å². The largest absolute Gasteiger partial charge is 0.469 e. The third kappa shape index (κ3) is 3.44. The average molecular weight is 360 g/mol. The van der Waals surface area contributed by atoms with Crippen LogP contribution in [0.25, 0.3) is 0 Å². The van der Waals surface area contributed by atoms with Crippen LogP contribution in [0, 0.1) is 12.8 Å². The predicted molar refractivity (Wildman–Crippen MR) is 95.7 cm³/mol. The first kappa shape index (κ1) is 18.4. The molecule has 0 spiro atoms. The van der Waals surface area contributed by atoms with Crippen molar-refractivity contribution in [3.63, 3.8) is 0 Å². The van der Waals surface area contributed by atoms with Crippen molar-refractivity contribution in [3.8, 4) is 0 Å². The number of hydrogen-bond acceptors (Lipinski definition) is 4. The van der Waals surface area contributed by atoms with E-state index in [-0.39, 0.29) is 23.8 Å². The number of rotatable bonds is 4. The fraction of sp³-hybridized carbons (Fsp3) is 0.526. The highest BCUT2D eigenvalue weighted by molar-refractivity contribution is 6.13. The SMILES string of the molecule is COC(=O)C1CC[NH+](CN2C(=O)[C@@H](C)N(c3ccc(C)cc3)C2=O)CC1. The summed E-state index contributed by atoms with van der Waals surface area (Å²) >= 11 is 0. The Morgan fingerprint density at radius 2 is 1.81 bits per heavy atom. The number of methoxy groups -OCH3 is 1. The van der Waals surface area contributed by atoms with Gasteiger partial charge in [0.15, 0.2) is 6.67 Å². The molecule has 2 saturated heterocycles. The number of urea groups is 1. The van der Waals surface area contributed by atoms with E-state index < -0.39 is 6.04 Å². The number of imide groups is 1. The minimum atomic E-state index is -0.503. The van der Waals surface area contributed by atoms with Crippen molar-refractivity contribution in [2.75, 3.05) is 31.8 Å². The number of nitrogens with one attached hydrogen (secondary N) is 1. The van der Waals surface area contributed by atoms with Gasteiger partial charge in [0, 0.05) is 18.5 Å². The van der Waals surface area contributed by atoms with Gasteiger partial charge in [-0.25, -0.2) is 9.69 Å². The van der Waals surface area contributed by atoms with Gasteiger partial charge in [0.05, 0.1) is 26.1 Å². The summed E-state index contributed by atoms with van der Waals surface area (Å²) in [6, 6.07) is 6.84. The number of piperidine rings is 1. The second kappa shape index (κ2) is 7.45. The van der Waals surface area contributed by atoms with Gasteiger partial charge in [0.1, 0.15) is 6.04 Å². The molecule has 3 amide bonds. The molecule has 0 aromatic heterocycles. The third-order valence-corrected chi connectivity index (χ3v) is 5.37. The molecule has 7 nitrogen and oxygen atoms in total. The maximum absolute atomic E-state index is 12.8.